The van der Waals surface area contributed by atoms with E-state index in [1.165, 1.54) is 24.8 Å². The Morgan fingerprint density at radius 2 is 1.83 bits per heavy atom. The quantitative estimate of drug-likeness (QED) is 0.800. The summed E-state index contributed by atoms with van der Waals surface area (Å²) in [6, 6.07) is 11.0. The molecule has 23 heavy (non-hydrogen) atoms. The van der Waals surface area contributed by atoms with Crippen LogP contribution in [0.15, 0.2) is 30.3 Å². The molecule has 126 valence electrons. The van der Waals surface area contributed by atoms with Crippen molar-refractivity contribution in [1.82, 2.24) is 4.90 Å². The number of hydrogen-bond acceptors (Lipinski definition) is 2. The third-order valence-corrected chi connectivity index (χ3v) is 5.39. The molecule has 0 spiro atoms. The Morgan fingerprint density at radius 1 is 1.17 bits per heavy atom. The van der Waals surface area contributed by atoms with Gasteiger partial charge in [0.1, 0.15) is 5.60 Å². The molecule has 0 N–H and O–H groups in total. The SMILES string of the molecule is CCN(C(=O)OC(C)(C)C)C1C2CCC(C2)C1c1ccccc1. The first kappa shape index (κ1) is 16.4. The standard InChI is InChI=1S/C20H29NO2/c1-5-21(19(22)23-20(2,3)4)18-16-12-11-15(13-16)17(18)14-9-7-6-8-10-14/h6-10,15-18H,5,11-13H2,1-4H3. The second-order valence-electron chi connectivity index (χ2n) is 8.03. The number of rotatable bonds is 3. The molecule has 0 radical (unpaired) electrons. The van der Waals surface area contributed by atoms with Crippen LogP contribution < -0.4 is 0 Å². The molecule has 3 heteroatoms. The van der Waals surface area contributed by atoms with Gasteiger partial charge in [0.15, 0.2) is 0 Å². The highest BCUT2D eigenvalue weighted by Gasteiger charge is 2.51. The number of fused-ring (bicyclic) bond motifs is 2. The summed E-state index contributed by atoms with van der Waals surface area (Å²) in [4.78, 5) is 14.7. The van der Waals surface area contributed by atoms with Crippen molar-refractivity contribution in [3.05, 3.63) is 35.9 Å². The molecular weight excluding hydrogens is 286 g/mol. The zero-order valence-electron chi connectivity index (χ0n) is 14.8. The minimum atomic E-state index is -0.440. The Bertz CT molecular complexity index is 549. The van der Waals surface area contributed by atoms with Crippen molar-refractivity contribution in [3.63, 3.8) is 0 Å². The highest BCUT2D eigenvalue weighted by atomic mass is 16.6. The summed E-state index contributed by atoms with van der Waals surface area (Å²) in [5.74, 6) is 1.80. The molecule has 3 nitrogen and oxygen atoms in total. The van der Waals surface area contributed by atoms with Crippen LogP contribution in [0.1, 0.15) is 58.4 Å². The van der Waals surface area contributed by atoms with Crippen molar-refractivity contribution in [1.29, 1.82) is 0 Å². The molecular formula is C20H29NO2. The third kappa shape index (κ3) is 3.24. The Morgan fingerprint density at radius 3 is 2.43 bits per heavy atom. The summed E-state index contributed by atoms with van der Waals surface area (Å²) in [7, 11) is 0. The lowest BCUT2D eigenvalue weighted by Gasteiger charge is -2.40. The molecule has 0 saturated heterocycles. The Hall–Kier alpha value is -1.51. The largest absolute Gasteiger partial charge is 0.444 e. The number of carbonyl (C=O) groups excluding carboxylic acids is 1. The fourth-order valence-electron chi connectivity index (χ4n) is 4.64. The van der Waals surface area contributed by atoms with Gasteiger partial charge in [-0.15, -0.1) is 0 Å². The van der Waals surface area contributed by atoms with Crippen molar-refractivity contribution in [2.45, 2.75) is 64.5 Å². The van der Waals surface area contributed by atoms with Gasteiger partial charge in [-0.05, 0) is 64.4 Å². The molecule has 0 aliphatic heterocycles. The van der Waals surface area contributed by atoms with Gasteiger partial charge in [0.05, 0.1) is 0 Å². The first-order valence-electron chi connectivity index (χ1n) is 8.95. The number of carbonyl (C=O) groups is 1. The normalized spacial score (nSPS) is 29.6. The number of benzene rings is 1. The van der Waals surface area contributed by atoms with E-state index >= 15 is 0 Å². The van der Waals surface area contributed by atoms with E-state index in [9.17, 15) is 4.79 Å². The Labute approximate surface area is 140 Å². The van der Waals surface area contributed by atoms with E-state index < -0.39 is 5.60 Å². The smallest absolute Gasteiger partial charge is 0.410 e. The number of ether oxygens (including phenoxy) is 1. The van der Waals surface area contributed by atoms with Crippen LogP contribution in [0, 0.1) is 11.8 Å². The molecule has 1 amide bonds. The topological polar surface area (TPSA) is 29.5 Å². The van der Waals surface area contributed by atoms with Gasteiger partial charge < -0.3 is 9.64 Å². The van der Waals surface area contributed by atoms with Gasteiger partial charge in [-0.2, -0.15) is 0 Å². The zero-order chi connectivity index (χ0) is 16.6. The fraction of sp³-hybridized carbons (Fsp3) is 0.650. The highest BCUT2D eigenvalue weighted by molar-refractivity contribution is 5.69. The van der Waals surface area contributed by atoms with Crippen molar-refractivity contribution in [2.24, 2.45) is 11.8 Å². The molecule has 2 aliphatic carbocycles. The molecule has 4 atom stereocenters. The van der Waals surface area contributed by atoms with Crippen LogP contribution in [0.4, 0.5) is 4.79 Å². The van der Waals surface area contributed by atoms with E-state index in [1.54, 1.807) is 0 Å². The van der Waals surface area contributed by atoms with Crippen LogP contribution in [0.2, 0.25) is 0 Å². The van der Waals surface area contributed by atoms with E-state index in [4.69, 9.17) is 4.74 Å². The van der Waals surface area contributed by atoms with Crippen molar-refractivity contribution in [2.75, 3.05) is 6.54 Å². The van der Waals surface area contributed by atoms with E-state index in [-0.39, 0.29) is 12.1 Å². The second kappa shape index (κ2) is 6.18. The average Bonchev–Trinajstić information content (AvgIpc) is 3.08. The van der Waals surface area contributed by atoms with Crippen LogP contribution in [0.3, 0.4) is 0 Å². The summed E-state index contributed by atoms with van der Waals surface area (Å²) in [5.41, 5.74) is 0.941. The molecule has 0 aromatic heterocycles. The van der Waals surface area contributed by atoms with Gasteiger partial charge in [-0.3, -0.25) is 0 Å². The number of nitrogens with zero attached hydrogens (tertiary/aromatic N) is 1. The van der Waals surface area contributed by atoms with E-state index in [0.29, 0.717) is 24.3 Å². The van der Waals surface area contributed by atoms with Gasteiger partial charge in [0.2, 0.25) is 0 Å². The van der Waals surface area contributed by atoms with E-state index in [2.05, 4.69) is 37.3 Å². The predicted octanol–water partition coefficient (Wildman–Crippen LogP) is 4.83. The molecule has 2 saturated carbocycles. The van der Waals surface area contributed by atoms with Gasteiger partial charge >= 0.3 is 6.09 Å². The second-order valence-corrected chi connectivity index (χ2v) is 8.03. The van der Waals surface area contributed by atoms with Crippen LogP contribution in [-0.2, 0) is 4.74 Å². The molecule has 4 unspecified atom stereocenters. The van der Waals surface area contributed by atoms with E-state index in [0.717, 1.165) is 0 Å². The summed E-state index contributed by atoms with van der Waals surface area (Å²) in [6.45, 7) is 8.60. The van der Waals surface area contributed by atoms with Crippen molar-refractivity contribution in [3.8, 4) is 0 Å². The number of likely N-dealkylation sites (N-methyl/N-ethyl adjacent to an activating group) is 1. The average molecular weight is 315 g/mol. The maximum atomic E-state index is 12.7. The molecule has 1 aromatic rings. The lowest BCUT2D eigenvalue weighted by Crippen LogP contribution is -2.48. The zero-order valence-corrected chi connectivity index (χ0v) is 14.8. The lowest BCUT2D eigenvalue weighted by atomic mass is 9.79. The summed E-state index contributed by atoms with van der Waals surface area (Å²) >= 11 is 0. The van der Waals surface area contributed by atoms with Crippen LogP contribution in [-0.4, -0.2) is 29.2 Å². The minimum Gasteiger partial charge on any atom is -0.444 e. The Kier molecular flexibility index (Phi) is 4.39. The Balaban J connectivity index is 1.87. The van der Waals surface area contributed by atoms with Gasteiger partial charge in [0, 0.05) is 18.5 Å². The van der Waals surface area contributed by atoms with Gasteiger partial charge in [-0.25, -0.2) is 4.79 Å². The minimum absolute atomic E-state index is 0.154. The van der Waals surface area contributed by atoms with Crippen LogP contribution in [0.25, 0.3) is 0 Å². The molecule has 2 fully saturated rings. The van der Waals surface area contributed by atoms with Crippen molar-refractivity contribution < 1.29 is 9.53 Å². The monoisotopic (exact) mass is 315 g/mol. The molecule has 2 bridgehead atoms. The number of amides is 1. The molecule has 1 aromatic carbocycles. The van der Waals surface area contributed by atoms with Gasteiger partial charge in [0.25, 0.3) is 0 Å². The number of hydrogen-bond donors (Lipinski definition) is 0. The molecule has 0 heterocycles. The highest BCUT2D eigenvalue weighted by Crippen LogP contribution is 2.55. The van der Waals surface area contributed by atoms with Crippen LogP contribution in [0.5, 0.6) is 0 Å². The van der Waals surface area contributed by atoms with E-state index in [1.807, 2.05) is 25.7 Å². The first-order chi connectivity index (χ1) is 10.9. The lowest BCUT2D eigenvalue weighted by molar-refractivity contribution is 0.00862. The fourth-order valence-corrected chi connectivity index (χ4v) is 4.64. The van der Waals surface area contributed by atoms with Gasteiger partial charge in [-0.1, -0.05) is 30.3 Å². The summed E-state index contributed by atoms with van der Waals surface area (Å²) < 4.78 is 5.68. The third-order valence-electron chi connectivity index (χ3n) is 5.39. The maximum absolute atomic E-state index is 12.7. The van der Waals surface area contributed by atoms with Crippen molar-refractivity contribution >= 4 is 6.09 Å². The predicted molar refractivity (Wildman–Crippen MR) is 92.4 cm³/mol. The maximum Gasteiger partial charge on any atom is 0.410 e. The summed E-state index contributed by atoms with van der Waals surface area (Å²) in [5, 5.41) is 0. The van der Waals surface area contributed by atoms with Crippen LogP contribution >= 0.6 is 0 Å². The molecule has 2 aliphatic rings. The molecule has 3 rings (SSSR count). The first-order valence-corrected chi connectivity index (χ1v) is 8.95. The summed E-state index contributed by atoms with van der Waals surface area (Å²) in [6.07, 6.45) is 3.65.